The third kappa shape index (κ3) is 12.8. The number of anilines is 4. The van der Waals surface area contributed by atoms with Gasteiger partial charge in [0.25, 0.3) is 23.6 Å². The molecule has 0 aliphatic rings. The van der Waals surface area contributed by atoms with Gasteiger partial charge in [-0.05, 0) is 124 Å². The second-order valence-electron chi connectivity index (χ2n) is 13.7. The van der Waals surface area contributed by atoms with Crippen LogP contribution in [0.5, 0.6) is 0 Å². The first kappa shape index (κ1) is 46.7. The molecule has 0 bridgehead atoms. The summed E-state index contributed by atoms with van der Waals surface area (Å²) >= 11 is 25.0. The van der Waals surface area contributed by atoms with E-state index in [1.807, 2.05) is 26.0 Å². The van der Waals surface area contributed by atoms with E-state index in [4.69, 9.17) is 46.4 Å². The molecule has 62 heavy (non-hydrogen) atoms. The van der Waals surface area contributed by atoms with Crippen molar-refractivity contribution >= 4 is 116 Å². The lowest BCUT2D eigenvalue weighted by Gasteiger charge is -2.12. The van der Waals surface area contributed by atoms with Gasteiger partial charge in [0.05, 0.1) is 20.8 Å². The highest BCUT2D eigenvalue weighted by molar-refractivity contribution is 6.33. The maximum absolute atomic E-state index is 13.2. The summed E-state index contributed by atoms with van der Waals surface area (Å²) in [6.07, 6.45) is 0. The number of halogens is 4. The minimum absolute atomic E-state index is 0.0457. The number of ketones is 2. The predicted octanol–water partition coefficient (Wildman–Crippen LogP) is 11.5. The Labute approximate surface area is 376 Å². The Bertz CT molecular complexity index is 2410. The first-order chi connectivity index (χ1) is 29.5. The van der Waals surface area contributed by atoms with Crippen LogP contribution in [0.3, 0.4) is 0 Å². The van der Waals surface area contributed by atoms with Crippen molar-refractivity contribution in [2.75, 3.05) is 21.3 Å². The van der Waals surface area contributed by atoms with Crippen molar-refractivity contribution in [2.24, 2.45) is 20.5 Å². The molecule has 14 nitrogen and oxygen atoms in total. The Morgan fingerprint density at radius 1 is 0.484 bits per heavy atom. The highest BCUT2D eigenvalue weighted by Crippen LogP contribution is 2.30. The van der Waals surface area contributed by atoms with Gasteiger partial charge in [-0.3, -0.25) is 28.8 Å². The molecule has 4 N–H and O–H groups in total. The molecule has 0 saturated carbocycles. The van der Waals surface area contributed by atoms with Crippen LogP contribution in [0.15, 0.2) is 130 Å². The van der Waals surface area contributed by atoms with E-state index >= 15 is 0 Å². The molecule has 5 aromatic carbocycles. The van der Waals surface area contributed by atoms with Gasteiger partial charge in [-0.25, -0.2) is 0 Å². The minimum Gasteiger partial charge on any atom is -0.324 e. The fourth-order valence-electron chi connectivity index (χ4n) is 5.53. The molecule has 0 aliphatic heterocycles. The smallest absolute Gasteiger partial charge is 0.258 e. The first-order valence-electron chi connectivity index (χ1n) is 18.7. The van der Waals surface area contributed by atoms with E-state index < -0.39 is 47.3 Å². The number of rotatable bonds is 16. The average molecular weight is 917 g/mol. The zero-order valence-electron chi connectivity index (χ0n) is 33.5. The second-order valence-corrected chi connectivity index (χ2v) is 15.9. The number of nitrogens with zero attached hydrogens (tertiary/aromatic N) is 4. The molecule has 318 valence electrons. The van der Waals surface area contributed by atoms with Crippen LogP contribution in [0.2, 0.25) is 10.0 Å². The van der Waals surface area contributed by atoms with Crippen molar-refractivity contribution in [3.63, 3.8) is 0 Å². The molecule has 0 heterocycles. The van der Waals surface area contributed by atoms with E-state index in [0.29, 0.717) is 11.4 Å². The van der Waals surface area contributed by atoms with Gasteiger partial charge in [0.1, 0.15) is 11.4 Å². The lowest BCUT2D eigenvalue weighted by atomic mass is 10.1. The monoisotopic (exact) mass is 914 g/mol. The van der Waals surface area contributed by atoms with Crippen LogP contribution >= 0.6 is 46.4 Å². The van der Waals surface area contributed by atoms with Crippen molar-refractivity contribution < 1.29 is 28.8 Å². The first-order valence-corrected chi connectivity index (χ1v) is 20.4. The molecule has 0 radical (unpaired) electrons. The molecule has 5 aromatic rings. The van der Waals surface area contributed by atoms with Crippen LogP contribution in [0, 0.1) is 0 Å². The molecule has 0 aromatic heterocycles. The third-order valence-electron chi connectivity index (χ3n) is 8.87. The molecule has 0 aliphatic carbocycles. The zero-order valence-corrected chi connectivity index (χ0v) is 36.5. The number of hydrogen-bond donors (Lipinski definition) is 4. The quantitative estimate of drug-likeness (QED) is 0.0431. The topological polar surface area (TPSA) is 200 Å². The molecule has 4 amide bonds. The van der Waals surface area contributed by atoms with E-state index in [9.17, 15) is 28.8 Å². The lowest BCUT2D eigenvalue weighted by molar-refractivity contribution is -0.127. The zero-order chi connectivity index (χ0) is 45.1. The SMILES string of the molecule is CC(=O)C(N=Nc1cc(C(=O)Nc2cccc(C(C)Cl)c2)ccc1Cl)C(=O)Nc1ccc(NC(=O)C(N=Nc2cc(C(=O)Nc3cccc(C(C)Cl)c3)ccc2Cl)C(C)=O)cc1. The summed E-state index contributed by atoms with van der Waals surface area (Å²) in [6.45, 7) is 5.95. The molecule has 0 spiro atoms. The summed E-state index contributed by atoms with van der Waals surface area (Å²) in [4.78, 5) is 77.3. The third-order valence-corrected chi connectivity index (χ3v) is 10.0. The molecule has 4 unspecified atom stereocenters. The second kappa shape index (κ2) is 21.5. The number of alkyl halides is 2. The number of hydrogen-bond acceptors (Lipinski definition) is 10. The van der Waals surface area contributed by atoms with Crippen LogP contribution in [0.1, 0.15) is 70.3 Å². The van der Waals surface area contributed by atoms with Crippen LogP contribution < -0.4 is 21.3 Å². The van der Waals surface area contributed by atoms with Crippen LogP contribution in [0.4, 0.5) is 34.1 Å². The molecule has 18 heteroatoms. The lowest BCUT2D eigenvalue weighted by Crippen LogP contribution is -2.32. The number of carbonyl (C=O) groups is 6. The fraction of sp³-hybridized carbons (Fsp3) is 0.182. The van der Waals surface area contributed by atoms with Gasteiger partial charge in [0.15, 0.2) is 11.6 Å². The van der Waals surface area contributed by atoms with Crippen LogP contribution in [-0.4, -0.2) is 47.3 Å². The summed E-state index contributed by atoms with van der Waals surface area (Å²) in [7, 11) is 0. The standard InChI is InChI=1S/C44H38Cl4N8O6/c1-23(45)27-7-5-9-33(19-27)51-41(59)29-11-17-35(47)37(21-29)53-55-39(25(3)57)43(61)49-31-13-15-32(16-14-31)50-44(62)40(26(4)58)56-54-38-22-30(12-18-36(38)48)42(60)52-34-10-6-8-28(20-34)24(2)46/h5-24,39-40H,1-4H3,(H,49,61)(H,50,62)(H,51,59)(H,52,60). The van der Waals surface area contributed by atoms with Gasteiger partial charge in [0, 0.05) is 33.9 Å². The van der Waals surface area contributed by atoms with Gasteiger partial charge >= 0.3 is 0 Å². The van der Waals surface area contributed by atoms with Crippen LogP contribution in [0.25, 0.3) is 0 Å². The maximum Gasteiger partial charge on any atom is 0.258 e. The Morgan fingerprint density at radius 2 is 0.855 bits per heavy atom. The van der Waals surface area contributed by atoms with E-state index in [1.165, 1.54) is 60.7 Å². The van der Waals surface area contributed by atoms with Gasteiger partial charge in [-0.1, -0.05) is 47.5 Å². The predicted molar refractivity (Wildman–Crippen MR) is 242 cm³/mol. The maximum atomic E-state index is 13.2. The molecule has 0 saturated heterocycles. The minimum atomic E-state index is -1.58. The Balaban J connectivity index is 1.21. The number of carbonyl (C=O) groups excluding carboxylic acids is 6. The van der Waals surface area contributed by atoms with Gasteiger partial charge in [-0.15, -0.1) is 23.2 Å². The Hall–Kier alpha value is -6.32. The van der Waals surface area contributed by atoms with Gasteiger partial charge in [0.2, 0.25) is 12.1 Å². The summed E-state index contributed by atoms with van der Waals surface area (Å²) in [5.74, 6) is -3.81. The summed E-state index contributed by atoms with van der Waals surface area (Å²) in [5, 5.41) is 26.4. The Kier molecular flexibility index (Phi) is 16.2. The molecular weight excluding hydrogens is 878 g/mol. The highest BCUT2D eigenvalue weighted by Gasteiger charge is 2.25. The average Bonchev–Trinajstić information content (AvgIpc) is 3.22. The number of amides is 4. The Morgan fingerprint density at radius 3 is 1.19 bits per heavy atom. The van der Waals surface area contributed by atoms with E-state index in [-0.39, 0.29) is 54.7 Å². The summed E-state index contributed by atoms with van der Waals surface area (Å²) < 4.78 is 0. The van der Waals surface area contributed by atoms with Crippen LogP contribution in [-0.2, 0) is 19.2 Å². The molecule has 0 fully saturated rings. The largest absolute Gasteiger partial charge is 0.324 e. The fourth-order valence-corrected chi connectivity index (χ4v) is 6.11. The van der Waals surface area contributed by atoms with Crippen molar-refractivity contribution in [1.29, 1.82) is 0 Å². The highest BCUT2D eigenvalue weighted by atomic mass is 35.5. The number of nitrogens with one attached hydrogen (secondary N) is 4. The normalized spacial score (nSPS) is 13.2. The number of azo groups is 2. The summed E-state index contributed by atoms with van der Waals surface area (Å²) in [5.41, 5.74) is 3.64. The van der Waals surface area contributed by atoms with Crippen molar-refractivity contribution in [3.05, 3.63) is 141 Å². The number of Topliss-reactive ketones (excluding diaryl/α,β-unsaturated/α-hetero) is 2. The van der Waals surface area contributed by atoms with E-state index in [0.717, 1.165) is 25.0 Å². The van der Waals surface area contributed by atoms with Gasteiger partial charge < -0.3 is 21.3 Å². The molecular formula is C44H38Cl4N8O6. The van der Waals surface area contributed by atoms with E-state index in [2.05, 4.69) is 41.7 Å². The van der Waals surface area contributed by atoms with Crippen molar-refractivity contribution in [1.82, 2.24) is 0 Å². The van der Waals surface area contributed by atoms with Crippen molar-refractivity contribution in [3.8, 4) is 0 Å². The summed E-state index contributed by atoms with van der Waals surface area (Å²) in [6, 6.07) is 25.3. The molecule has 4 atom stereocenters. The van der Waals surface area contributed by atoms with Crippen molar-refractivity contribution in [2.45, 2.75) is 50.5 Å². The number of benzene rings is 5. The van der Waals surface area contributed by atoms with Gasteiger partial charge in [-0.2, -0.15) is 20.5 Å². The van der Waals surface area contributed by atoms with E-state index in [1.54, 1.807) is 36.4 Å². The molecule has 5 rings (SSSR count).